The maximum atomic E-state index is 13.6. The molecule has 2 N–H and O–H groups in total. The van der Waals surface area contributed by atoms with Crippen molar-refractivity contribution in [2.45, 2.75) is 38.1 Å². The van der Waals surface area contributed by atoms with Crippen LogP contribution in [0.5, 0.6) is 0 Å². The van der Waals surface area contributed by atoms with E-state index < -0.39 is 35.6 Å². The summed E-state index contributed by atoms with van der Waals surface area (Å²) in [6.45, 7) is 2.61. The lowest BCUT2D eigenvalue weighted by Gasteiger charge is -2.33. The summed E-state index contributed by atoms with van der Waals surface area (Å²) in [6, 6.07) is 3.01. The summed E-state index contributed by atoms with van der Waals surface area (Å²) >= 11 is 0. The topological polar surface area (TPSA) is 91.0 Å². The fraction of sp³-hybridized carbons (Fsp3) is 0.500. The number of urea groups is 1. The lowest BCUT2D eigenvalue weighted by atomic mass is 9.91. The Morgan fingerprint density at radius 1 is 1.27 bits per heavy atom. The fourth-order valence-electron chi connectivity index (χ4n) is 4.51. The van der Waals surface area contributed by atoms with E-state index in [4.69, 9.17) is 4.74 Å². The van der Waals surface area contributed by atoms with Crippen molar-refractivity contribution in [3.63, 3.8) is 0 Å². The molecule has 2 atom stereocenters. The molecule has 3 aliphatic heterocycles. The van der Waals surface area contributed by atoms with Crippen LogP contribution in [-0.4, -0.2) is 66.5 Å². The van der Waals surface area contributed by atoms with Gasteiger partial charge in [0.1, 0.15) is 6.54 Å². The molecule has 3 aliphatic rings. The normalized spacial score (nSPS) is 23.2. The highest BCUT2D eigenvalue weighted by Crippen LogP contribution is 2.41. The minimum Gasteiger partial charge on any atom is -0.376 e. The Kier molecular flexibility index (Phi) is 6.33. The minimum absolute atomic E-state index is 0.0343. The molecule has 178 valence electrons. The zero-order chi connectivity index (χ0) is 23.8. The highest BCUT2D eigenvalue weighted by molar-refractivity contribution is 6.03. The third kappa shape index (κ3) is 4.54. The van der Waals surface area contributed by atoms with Crippen LogP contribution in [-0.2, 0) is 20.5 Å². The number of halogens is 3. The van der Waals surface area contributed by atoms with Crippen molar-refractivity contribution in [2.75, 3.05) is 32.8 Å². The Bertz CT molecular complexity index is 988. The van der Waals surface area contributed by atoms with Crippen molar-refractivity contribution >= 4 is 17.8 Å². The van der Waals surface area contributed by atoms with Crippen LogP contribution in [0.3, 0.4) is 0 Å². The molecule has 4 amide bonds. The quantitative estimate of drug-likeness (QED) is 0.673. The van der Waals surface area contributed by atoms with E-state index in [-0.39, 0.29) is 36.9 Å². The second-order valence-corrected chi connectivity index (χ2v) is 8.17. The van der Waals surface area contributed by atoms with E-state index in [0.29, 0.717) is 18.8 Å². The maximum absolute atomic E-state index is 13.6. The number of ether oxygens (including phenoxy) is 1. The Hall–Kier alpha value is -3.08. The number of carbonyl (C=O) groups excluding carboxylic acids is 3. The second kappa shape index (κ2) is 9.05. The van der Waals surface area contributed by atoms with Gasteiger partial charge in [0.2, 0.25) is 5.91 Å². The molecular formula is C22H25F3N4O4. The van der Waals surface area contributed by atoms with Crippen molar-refractivity contribution in [3.8, 4) is 0 Å². The summed E-state index contributed by atoms with van der Waals surface area (Å²) in [5, 5.41) is 5.29. The molecular weight excluding hydrogens is 441 g/mol. The summed E-state index contributed by atoms with van der Waals surface area (Å²) in [6.07, 6.45) is -2.95. The first-order valence-electron chi connectivity index (χ1n) is 10.9. The first kappa shape index (κ1) is 23.1. The molecule has 0 aromatic heterocycles. The molecule has 1 saturated heterocycles. The summed E-state index contributed by atoms with van der Waals surface area (Å²) < 4.78 is 46.4. The number of alkyl halides is 3. The van der Waals surface area contributed by atoms with E-state index in [1.165, 1.54) is 28.0 Å². The number of rotatable bonds is 6. The van der Waals surface area contributed by atoms with Crippen LogP contribution in [0.4, 0.5) is 18.0 Å². The number of hydrogen-bond acceptors (Lipinski definition) is 4. The molecule has 0 radical (unpaired) electrons. The predicted octanol–water partition coefficient (Wildman–Crippen LogP) is 2.18. The Labute approximate surface area is 188 Å². The molecule has 0 saturated carbocycles. The molecule has 1 fully saturated rings. The molecule has 33 heavy (non-hydrogen) atoms. The van der Waals surface area contributed by atoms with Gasteiger partial charge in [-0.3, -0.25) is 14.5 Å². The van der Waals surface area contributed by atoms with Crippen molar-refractivity contribution in [1.82, 2.24) is 20.4 Å². The number of nitrogens with zero attached hydrogens (tertiary/aromatic N) is 2. The van der Waals surface area contributed by atoms with E-state index in [0.717, 1.165) is 18.9 Å². The van der Waals surface area contributed by atoms with Gasteiger partial charge in [-0.1, -0.05) is 18.2 Å². The van der Waals surface area contributed by atoms with Crippen LogP contribution >= 0.6 is 0 Å². The van der Waals surface area contributed by atoms with Crippen molar-refractivity contribution in [2.24, 2.45) is 0 Å². The molecule has 0 unspecified atom stereocenters. The zero-order valence-electron chi connectivity index (χ0n) is 18.1. The highest BCUT2D eigenvalue weighted by atomic mass is 19.4. The van der Waals surface area contributed by atoms with E-state index in [2.05, 4.69) is 10.6 Å². The standard InChI is InChI=1S/C22H25F3N4O4/c1-2-29-16-11-28(12-17(30)26-10-13-6-5-9-33-13)20(31)18(16)19(27-21(29)32)14-7-3-4-8-15(14)22(23,24)25/h3-4,7-8,13,19H,2,5-6,9-12H2,1H3,(H,26,30)(H,27,32)/t13-,19-/m0/s1. The lowest BCUT2D eigenvalue weighted by molar-refractivity contribution is -0.138. The van der Waals surface area contributed by atoms with Crippen LogP contribution in [0.25, 0.3) is 0 Å². The average molecular weight is 466 g/mol. The van der Waals surface area contributed by atoms with E-state index in [9.17, 15) is 27.6 Å². The molecule has 1 aromatic carbocycles. The van der Waals surface area contributed by atoms with Gasteiger partial charge in [0.05, 0.1) is 35.5 Å². The fourth-order valence-corrected chi connectivity index (χ4v) is 4.51. The van der Waals surface area contributed by atoms with E-state index in [1.54, 1.807) is 6.92 Å². The van der Waals surface area contributed by atoms with Crippen LogP contribution in [0.1, 0.15) is 36.9 Å². The van der Waals surface area contributed by atoms with E-state index in [1.807, 2.05) is 0 Å². The van der Waals surface area contributed by atoms with Gasteiger partial charge in [-0.25, -0.2) is 4.79 Å². The molecule has 8 nitrogen and oxygen atoms in total. The Morgan fingerprint density at radius 2 is 2.03 bits per heavy atom. The van der Waals surface area contributed by atoms with Gasteiger partial charge in [-0.2, -0.15) is 13.2 Å². The summed E-state index contributed by atoms with van der Waals surface area (Å²) in [4.78, 5) is 40.9. The van der Waals surface area contributed by atoms with Gasteiger partial charge in [0.25, 0.3) is 5.91 Å². The van der Waals surface area contributed by atoms with E-state index >= 15 is 0 Å². The van der Waals surface area contributed by atoms with Gasteiger partial charge >= 0.3 is 12.2 Å². The molecule has 4 rings (SSSR count). The molecule has 11 heteroatoms. The molecule has 1 aromatic rings. The van der Waals surface area contributed by atoms with Crippen LogP contribution < -0.4 is 10.6 Å². The molecule has 0 spiro atoms. The van der Waals surface area contributed by atoms with Crippen molar-refractivity contribution in [1.29, 1.82) is 0 Å². The van der Waals surface area contributed by atoms with Gasteiger partial charge in [0.15, 0.2) is 0 Å². The smallest absolute Gasteiger partial charge is 0.376 e. The van der Waals surface area contributed by atoms with Gasteiger partial charge in [0, 0.05) is 19.7 Å². The molecule has 0 aliphatic carbocycles. The Morgan fingerprint density at radius 3 is 2.70 bits per heavy atom. The number of hydrogen-bond donors (Lipinski definition) is 2. The zero-order valence-corrected chi connectivity index (χ0v) is 18.1. The molecule has 0 bridgehead atoms. The van der Waals surface area contributed by atoms with Crippen LogP contribution in [0, 0.1) is 0 Å². The SMILES string of the molecule is CCN1C(=O)N[C@@H](c2ccccc2C(F)(F)F)C2=C1CN(CC(=O)NC[C@@H]1CCCO1)C2=O. The van der Waals surface area contributed by atoms with Crippen LogP contribution in [0.2, 0.25) is 0 Å². The third-order valence-corrected chi connectivity index (χ3v) is 6.08. The first-order valence-corrected chi connectivity index (χ1v) is 10.9. The summed E-state index contributed by atoms with van der Waals surface area (Å²) in [5.41, 5.74) is -0.757. The average Bonchev–Trinajstić information content (AvgIpc) is 3.40. The predicted molar refractivity (Wildman–Crippen MR) is 111 cm³/mol. The number of benzene rings is 1. The van der Waals surface area contributed by atoms with Crippen molar-refractivity contribution in [3.05, 3.63) is 46.7 Å². The summed E-state index contributed by atoms with van der Waals surface area (Å²) in [7, 11) is 0. The monoisotopic (exact) mass is 466 g/mol. The second-order valence-electron chi connectivity index (χ2n) is 8.17. The first-order chi connectivity index (χ1) is 15.7. The Balaban J connectivity index is 1.58. The minimum atomic E-state index is -4.66. The van der Waals surface area contributed by atoms with Gasteiger partial charge in [-0.15, -0.1) is 0 Å². The number of likely N-dealkylation sites (N-methyl/N-ethyl adjacent to an activating group) is 1. The third-order valence-electron chi connectivity index (χ3n) is 6.08. The molecule has 3 heterocycles. The van der Waals surface area contributed by atoms with Gasteiger partial charge < -0.3 is 20.3 Å². The maximum Gasteiger partial charge on any atom is 0.416 e. The largest absolute Gasteiger partial charge is 0.416 e. The number of amides is 4. The highest BCUT2D eigenvalue weighted by Gasteiger charge is 2.46. The van der Waals surface area contributed by atoms with Crippen LogP contribution in [0.15, 0.2) is 35.5 Å². The number of carbonyl (C=O) groups is 3. The van der Waals surface area contributed by atoms with Gasteiger partial charge in [-0.05, 0) is 31.4 Å². The van der Waals surface area contributed by atoms with Crippen molar-refractivity contribution < 1.29 is 32.3 Å². The number of nitrogens with one attached hydrogen (secondary N) is 2. The lowest BCUT2D eigenvalue weighted by Crippen LogP contribution is -2.47. The summed E-state index contributed by atoms with van der Waals surface area (Å²) in [5.74, 6) is -0.967.